The van der Waals surface area contributed by atoms with Gasteiger partial charge in [0.1, 0.15) is 0 Å². The minimum Gasteiger partial charge on any atom is -0.478 e. The fourth-order valence-electron chi connectivity index (χ4n) is 1.84. The number of urea groups is 1. The van der Waals surface area contributed by atoms with Crippen LogP contribution in [0.3, 0.4) is 0 Å². The number of carboxylic acids is 1. The van der Waals surface area contributed by atoms with Crippen molar-refractivity contribution >= 4 is 23.4 Å². The Bertz CT molecular complexity index is 498. The number of rotatable bonds is 3. The van der Waals surface area contributed by atoms with Gasteiger partial charge in [0.15, 0.2) is 0 Å². The minimum atomic E-state index is -1.13. The summed E-state index contributed by atoms with van der Waals surface area (Å²) in [6.07, 6.45) is 0.746. The summed E-state index contributed by atoms with van der Waals surface area (Å²) in [6, 6.07) is 3.72. The normalized spacial score (nSPS) is 18.0. The maximum Gasteiger partial charge on any atom is 0.337 e. The average Bonchev–Trinajstić information content (AvgIpc) is 2.81. The van der Waals surface area contributed by atoms with Crippen molar-refractivity contribution in [2.75, 3.05) is 24.3 Å². The number of nitrogens with two attached hydrogens (primary N) is 1. The fraction of sp³-hybridized carbons (Fsp3) is 0.333. The molecular formula is C12H15N3O4. The summed E-state index contributed by atoms with van der Waals surface area (Å²) < 4.78 is 5.13. The molecule has 1 aromatic carbocycles. The van der Waals surface area contributed by atoms with Crippen molar-refractivity contribution in [1.29, 1.82) is 0 Å². The van der Waals surface area contributed by atoms with E-state index in [9.17, 15) is 9.59 Å². The molecule has 2 rings (SSSR count). The maximum absolute atomic E-state index is 11.7. The first-order chi connectivity index (χ1) is 9.06. The molecule has 0 radical (unpaired) electrons. The van der Waals surface area contributed by atoms with Gasteiger partial charge in [-0.25, -0.2) is 9.59 Å². The van der Waals surface area contributed by atoms with Gasteiger partial charge in [-0.15, -0.1) is 0 Å². The second-order valence-corrected chi connectivity index (χ2v) is 4.27. The third-order valence-electron chi connectivity index (χ3n) is 2.79. The zero-order valence-electron chi connectivity index (χ0n) is 10.2. The Morgan fingerprint density at radius 3 is 2.84 bits per heavy atom. The van der Waals surface area contributed by atoms with E-state index in [1.54, 1.807) is 0 Å². The van der Waals surface area contributed by atoms with Crippen molar-refractivity contribution in [3.63, 3.8) is 0 Å². The van der Waals surface area contributed by atoms with Gasteiger partial charge in [-0.3, -0.25) is 0 Å². The number of carboxylic acid groups (broad SMARTS) is 1. The van der Waals surface area contributed by atoms with E-state index in [0.717, 1.165) is 6.42 Å². The number of carbonyl (C=O) groups is 2. The first kappa shape index (κ1) is 13.2. The van der Waals surface area contributed by atoms with E-state index >= 15 is 0 Å². The Hall–Kier alpha value is -2.28. The molecule has 5 N–H and O–H groups in total. The second kappa shape index (κ2) is 5.57. The molecule has 102 valence electrons. The summed E-state index contributed by atoms with van der Waals surface area (Å²) in [7, 11) is 0. The number of amides is 2. The van der Waals surface area contributed by atoms with Gasteiger partial charge in [-0.2, -0.15) is 0 Å². The van der Waals surface area contributed by atoms with E-state index in [1.807, 2.05) is 0 Å². The average molecular weight is 265 g/mol. The summed E-state index contributed by atoms with van der Waals surface area (Å²) in [5.74, 6) is -1.13. The highest BCUT2D eigenvalue weighted by atomic mass is 16.5. The predicted octanol–water partition coefficient (Wildman–Crippen LogP) is 0.877. The third kappa shape index (κ3) is 3.35. The minimum absolute atomic E-state index is 0.00739. The molecule has 0 saturated carbocycles. The molecule has 19 heavy (non-hydrogen) atoms. The quantitative estimate of drug-likeness (QED) is 0.606. The van der Waals surface area contributed by atoms with Crippen LogP contribution in [0.25, 0.3) is 0 Å². The van der Waals surface area contributed by atoms with Crippen molar-refractivity contribution < 1.29 is 19.4 Å². The van der Waals surface area contributed by atoms with E-state index in [2.05, 4.69) is 10.6 Å². The number of hydrogen-bond donors (Lipinski definition) is 4. The summed E-state index contributed by atoms with van der Waals surface area (Å²) in [5.41, 5.74) is 6.12. The van der Waals surface area contributed by atoms with Crippen molar-refractivity contribution in [2.45, 2.75) is 12.5 Å². The first-order valence-electron chi connectivity index (χ1n) is 5.84. The Kier molecular flexibility index (Phi) is 3.86. The molecule has 7 heteroatoms. The van der Waals surface area contributed by atoms with E-state index in [4.69, 9.17) is 15.6 Å². The lowest BCUT2D eigenvalue weighted by Crippen LogP contribution is -2.38. The fourth-order valence-corrected chi connectivity index (χ4v) is 1.84. The summed E-state index contributed by atoms with van der Waals surface area (Å²) in [5, 5.41) is 14.2. The van der Waals surface area contributed by atoms with Crippen LogP contribution in [-0.4, -0.2) is 36.4 Å². The number of ether oxygens (including phenoxy) is 1. The van der Waals surface area contributed by atoms with Crippen LogP contribution in [0.2, 0.25) is 0 Å². The number of carbonyl (C=O) groups excluding carboxylic acids is 1. The number of anilines is 2. The molecule has 1 atom stereocenters. The van der Waals surface area contributed by atoms with Gasteiger partial charge >= 0.3 is 12.0 Å². The monoisotopic (exact) mass is 265 g/mol. The summed E-state index contributed by atoms with van der Waals surface area (Å²) in [4.78, 5) is 22.8. The highest BCUT2D eigenvalue weighted by Gasteiger charge is 2.19. The Morgan fingerprint density at radius 1 is 1.42 bits per heavy atom. The van der Waals surface area contributed by atoms with Crippen LogP contribution >= 0.6 is 0 Å². The molecule has 1 unspecified atom stereocenters. The Morgan fingerprint density at radius 2 is 2.21 bits per heavy atom. The smallest absolute Gasteiger partial charge is 0.337 e. The van der Waals surface area contributed by atoms with Crippen LogP contribution in [0.5, 0.6) is 0 Å². The second-order valence-electron chi connectivity index (χ2n) is 4.27. The molecule has 0 aliphatic carbocycles. The number of hydrogen-bond acceptors (Lipinski definition) is 4. The van der Waals surface area contributed by atoms with Crippen molar-refractivity contribution in [1.82, 2.24) is 5.32 Å². The summed E-state index contributed by atoms with van der Waals surface area (Å²) >= 11 is 0. The third-order valence-corrected chi connectivity index (χ3v) is 2.79. The van der Waals surface area contributed by atoms with Crippen LogP contribution < -0.4 is 16.4 Å². The molecule has 1 aromatic rings. The van der Waals surface area contributed by atoms with Crippen LogP contribution in [0, 0.1) is 0 Å². The Labute approximate surface area is 109 Å². The van der Waals surface area contributed by atoms with Gasteiger partial charge in [0.25, 0.3) is 0 Å². The molecule has 7 nitrogen and oxygen atoms in total. The molecule has 0 aromatic heterocycles. The van der Waals surface area contributed by atoms with E-state index < -0.39 is 12.0 Å². The Balaban J connectivity index is 2.06. The number of benzene rings is 1. The van der Waals surface area contributed by atoms with Crippen LogP contribution in [0.15, 0.2) is 18.2 Å². The number of nitrogens with one attached hydrogen (secondary N) is 2. The van der Waals surface area contributed by atoms with E-state index in [-0.39, 0.29) is 17.3 Å². The van der Waals surface area contributed by atoms with Crippen LogP contribution in [-0.2, 0) is 4.74 Å². The maximum atomic E-state index is 11.7. The van der Waals surface area contributed by atoms with Gasteiger partial charge in [-0.1, -0.05) is 0 Å². The van der Waals surface area contributed by atoms with Crippen LogP contribution in [0.4, 0.5) is 16.2 Å². The molecule has 1 aliphatic rings. The molecule has 2 amide bonds. The van der Waals surface area contributed by atoms with Gasteiger partial charge in [0, 0.05) is 12.3 Å². The summed E-state index contributed by atoms with van der Waals surface area (Å²) in [6.45, 7) is 1.08. The zero-order valence-corrected chi connectivity index (χ0v) is 10.2. The lowest BCUT2D eigenvalue weighted by atomic mass is 10.1. The van der Waals surface area contributed by atoms with Crippen molar-refractivity contribution in [3.8, 4) is 0 Å². The van der Waals surface area contributed by atoms with Gasteiger partial charge in [-0.05, 0) is 24.6 Å². The van der Waals surface area contributed by atoms with E-state index in [0.29, 0.717) is 18.9 Å². The molecule has 1 fully saturated rings. The van der Waals surface area contributed by atoms with Crippen molar-refractivity contribution in [3.05, 3.63) is 23.8 Å². The first-order valence-corrected chi connectivity index (χ1v) is 5.84. The zero-order chi connectivity index (χ0) is 13.8. The van der Waals surface area contributed by atoms with Crippen molar-refractivity contribution in [2.24, 2.45) is 0 Å². The lowest BCUT2D eigenvalue weighted by molar-refractivity contribution is 0.0698. The molecule has 1 aliphatic heterocycles. The molecule has 1 saturated heterocycles. The SMILES string of the molecule is Nc1ccc(C(=O)O)c(NC(=O)NC2CCOC2)c1. The molecular weight excluding hydrogens is 250 g/mol. The van der Waals surface area contributed by atoms with E-state index in [1.165, 1.54) is 18.2 Å². The molecule has 1 heterocycles. The number of aromatic carboxylic acids is 1. The highest BCUT2D eigenvalue weighted by molar-refractivity contribution is 6.00. The molecule has 0 bridgehead atoms. The van der Waals surface area contributed by atoms with Gasteiger partial charge in [0.05, 0.1) is 23.9 Å². The number of nitrogen functional groups attached to an aromatic ring is 1. The van der Waals surface area contributed by atoms with Gasteiger partial charge in [0.2, 0.25) is 0 Å². The lowest BCUT2D eigenvalue weighted by Gasteiger charge is -2.13. The van der Waals surface area contributed by atoms with Crippen LogP contribution in [0.1, 0.15) is 16.8 Å². The highest BCUT2D eigenvalue weighted by Crippen LogP contribution is 2.19. The topological polar surface area (TPSA) is 114 Å². The standard InChI is InChI=1S/C12H15N3O4/c13-7-1-2-9(11(16)17)10(5-7)15-12(18)14-8-3-4-19-6-8/h1-2,5,8H,3-4,6,13H2,(H,16,17)(H2,14,15,18). The largest absolute Gasteiger partial charge is 0.478 e. The van der Waals surface area contributed by atoms with Gasteiger partial charge < -0.3 is 26.2 Å². The molecule has 0 spiro atoms. The predicted molar refractivity (Wildman–Crippen MR) is 69.2 cm³/mol.